The van der Waals surface area contributed by atoms with Crippen molar-refractivity contribution in [3.8, 4) is 5.75 Å². The lowest BCUT2D eigenvalue weighted by Gasteiger charge is -2.09. The zero-order valence-electron chi connectivity index (χ0n) is 8.94. The monoisotopic (exact) mass is 211 g/mol. The van der Waals surface area contributed by atoms with Gasteiger partial charge in [-0.05, 0) is 18.6 Å². The molecule has 0 aromatic carbocycles. The van der Waals surface area contributed by atoms with Crippen LogP contribution in [-0.4, -0.2) is 21.8 Å². The Morgan fingerprint density at radius 2 is 2.07 bits per heavy atom. The van der Waals surface area contributed by atoms with Gasteiger partial charge in [0.05, 0.1) is 25.5 Å². The Morgan fingerprint density at radius 3 is 2.67 bits per heavy atom. The molecule has 1 aromatic heterocycles. The molecule has 0 saturated carbocycles. The first kappa shape index (κ1) is 11.9. The molecular formula is C11H17NO3. The van der Waals surface area contributed by atoms with Crippen molar-refractivity contribution < 1.29 is 14.9 Å². The molecule has 1 rings (SSSR count). The quantitative estimate of drug-likeness (QED) is 0.695. The summed E-state index contributed by atoms with van der Waals surface area (Å²) < 4.78 is 5.46. The van der Waals surface area contributed by atoms with E-state index in [0.717, 1.165) is 12.8 Å². The van der Waals surface area contributed by atoms with Crippen LogP contribution in [0, 0.1) is 0 Å². The summed E-state index contributed by atoms with van der Waals surface area (Å²) in [5, 5.41) is 17.9. The summed E-state index contributed by atoms with van der Waals surface area (Å²) in [6.07, 6.45) is 2.04. The fourth-order valence-electron chi connectivity index (χ4n) is 1.19. The molecule has 15 heavy (non-hydrogen) atoms. The third kappa shape index (κ3) is 3.49. The lowest BCUT2D eigenvalue weighted by molar-refractivity contribution is 0.249. The average Bonchev–Trinajstić information content (AvgIpc) is 2.29. The van der Waals surface area contributed by atoms with E-state index in [2.05, 4.69) is 11.9 Å². The Balaban J connectivity index is 2.69. The summed E-state index contributed by atoms with van der Waals surface area (Å²) in [5.41, 5.74) is 1.03. The number of aliphatic hydroxyl groups excluding tert-OH is 2. The number of hydrogen-bond donors (Lipinski definition) is 2. The number of ether oxygens (including phenoxy) is 1. The van der Waals surface area contributed by atoms with E-state index in [4.69, 9.17) is 14.9 Å². The summed E-state index contributed by atoms with van der Waals surface area (Å²) >= 11 is 0. The Bertz CT molecular complexity index is 302. The highest BCUT2D eigenvalue weighted by Crippen LogP contribution is 2.17. The van der Waals surface area contributed by atoms with Crippen LogP contribution < -0.4 is 4.74 Å². The van der Waals surface area contributed by atoms with Gasteiger partial charge in [-0.2, -0.15) is 0 Å². The summed E-state index contributed by atoms with van der Waals surface area (Å²) in [4.78, 5) is 4.06. The molecule has 1 heterocycles. The van der Waals surface area contributed by atoms with Gasteiger partial charge >= 0.3 is 0 Å². The maximum absolute atomic E-state index is 9.07. The Morgan fingerprint density at radius 1 is 1.27 bits per heavy atom. The van der Waals surface area contributed by atoms with E-state index >= 15 is 0 Å². The van der Waals surface area contributed by atoms with Crippen molar-refractivity contribution in [3.63, 3.8) is 0 Å². The fourth-order valence-corrected chi connectivity index (χ4v) is 1.19. The van der Waals surface area contributed by atoms with Crippen LogP contribution in [0.5, 0.6) is 5.75 Å². The first-order valence-corrected chi connectivity index (χ1v) is 5.15. The molecule has 0 aliphatic rings. The summed E-state index contributed by atoms with van der Waals surface area (Å²) in [6.45, 7) is 2.42. The lowest BCUT2D eigenvalue weighted by atomic mass is 10.3. The number of nitrogens with zero attached hydrogens (tertiary/aromatic N) is 1. The molecule has 84 valence electrons. The highest BCUT2D eigenvalue weighted by molar-refractivity contribution is 5.28. The van der Waals surface area contributed by atoms with E-state index in [-0.39, 0.29) is 13.2 Å². The third-order valence-corrected chi connectivity index (χ3v) is 2.06. The highest BCUT2D eigenvalue weighted by atomic mass is 16.5. The van der Waals surface area contributed by atoms with Crippen LogP contribution in [0.1, 0.15) is 31.2 Å². The van der Waals surface area contributed by atoms with Gasteiger partial charge in [-0.3, -0.25) is 0 Å². The molecule has 0 spiro atoms. The summed E-state index contributed by atoms with van der Waals surface area (Å²) in [6, 6.07) is 3.43. The normalized spacial score (nSPS) is 10.3. The molecule has 0 aliphatic carbocycles. The van der Waals surface area contributed by atoms with Gasteiger partial charge in [-0.1, -0.05) is 13.3 Å². The van der Waals surface area contributed by atoms with Crippen molar-refractivity contribution in [1.82, 2.24) is 4.98 Å². The second-order valence-corrected chi connectivity index (χ2v) is 3.27. The largest absolute Gasteiger partial charge is 0.492 e. The molecule has 0 unspecified atom stereocenters. The van der Waals surface area contributed by atoms with Crippen LogP contribution in [0.25, 0.3) is 0 Å². The van der Waals surface area contributed by atoms with Crippen LogP contribution in [0.15, 0.2) is 12.1 Å². The van der Waals surface area contributed by atoms with Gasteiger partial charge in [0.2, 0.25) is 0 Å². The smallest absolute Gasteiger partial charge is 0.143 e. The van der Waals surface area contributed by atoms with Crippen molar-refractivity contribution in [2.75, 3.05) is 6.61 Å². The number of unbranched alkanes of at least 4 members (excludes halogenated alkanes) is 1. The SMILES string of the molecule is CCCCOc1ccc(CO)nc1CO. The number of aliphatic hydroxyl groups is 2. The van der Waals surface area contributed by atoms with Crippen molar-refractivity contribution in [1.29, 1.82) is 0 Å². The third-order valence-electron chi connectivity index (χ3n) is 2.06. The summed E-state index contributed by atoms with van der Waals surface area (Å²) in [5.74, 6) is 0.600. The van der Waals surface area contributed by atoms with E-state index < -0.39 is 0 Å². The molecule has 2 N–H and O–H groups in total. The molecule has 1 aromatic rings. The molecule has 0 saturated heterocycles. The van der Waals surface area contributed by atoms with Crippen LogP contribution in [0.4, 0.5) is 0 Å². The number of hydrogen-bond acceptors (Lipinski definition) is 4. The Hall–Kier alpha value is -1.13. The highest BCUT2D eigenvalue weighted by Gasteiger charge is 2.05. The van der Waals surface area contributed by atoms with Crippen LogP contribution in [-0.2, 0) is 13.2 Å². The second kappa shape index (κ2) is 6.37. The van der Waals surface area contributed by atoms with Crippen molar-refractivity contribution in [2.24, 2.45) is 0 Å². The van der Waals surface area contributed by atoms with Gasteiger partial charge in [-0.15, -0.1) is 0 Å². The zero-order chi connectivity index (χ0) is 11.1. The van der Waals surface area contributed by atoms with Crippen molar-refractivity contribution in [3.05, 3.63) is 23.5 Å². The number of pyridine rings is 1. The molecule has 4 nitrogen and oxygen atoms in total. The molecule has 0 amide bonds. The molecule has 4 heteroatoms. The minimum absolute atomic E-state index is 0.123. The number of aromatic nitrogens is 1. The van der Waals surface area contributed by atoms with Crippen LogP contribution >= 0.6 is 0 Å². The van der Waals surface area contributed by atoms with Crippen LogP contribution in [0.3, 0.4) is 0 Å². The average molecular weight is 211 g/mol. The predicted octanol–water partition coefficient (Wildman–Crippen LogP) is 1.25. The molecule has 0 fully saturated rings. The topological polar surface area (TPSA) is 62.6 Å². The Labute approximate surface area is 89.5 Å². The number of rotatable bonds is 6. The maximum atomic E-state index is 9.07. The Kier molecular flexibility index (Phi) is 5.07. The van der Waals surface area contributed by atoms with E-state index in [9.17, 15) is 0 Å². The van der Waals surface area contributed by atoms with E-state index in [1.54, 1.807) is 12.1 Å². The molecular weight excluding hydrogens is 194 g/mol. The van der Waals surface area contributed by atoms with Crippen molar-refractivity contribution in [2.45, 2.75) is 33.0 Å². The van der Waals surface area contributed by atoms with Crippen molar-refractivity contribution >= 4 is 0 Å². The van der Waals surface area contributed by atoms with E-state index in [1.807, 2.05) is 0 Å². The molecule has 0 aliphatic heterocycles. The van der Waals surface area contributed by atoms with E-state index in [1.165, 1.54) is 0 Å². The molecule has 0 atom stereocenters. The standard InChI is InChI=1S/C11H17NO3/c1-2-3-6-15-11-5-4-9(7-13)12-10(11)8-14/h4-5,13-14H,2-3,6-8H2,1H3. The first-order chi connectivity index (χ1) is 7.31. The second-order valence-electron chi connectivity index (χ2n) is 3.27. The maximum Gasteiger partial charge on any atom is 0.143 e. The first-order valence-electron chi connectivity index (χ1n) is 5.15. The van der Waals surface area contributed by atoms with E-state index in [0.29, 0.717) is 23.7 Å². The van der Waals surface area contributed by atoms with Gasteiger partial charge in [0.1, 0.15) is 11.4 Å². The summed E-state index contributed by atoms with van der Waals surface area (Å²) in [7, 11) is 0. The molecule has 0 radical (unpaired) electrons. The van der Waals surface area contributed by atoms with Gasteiger partial charge in [0, 0.05) is 0 Å². The van der Waals surface area contributed by atoms with Crippen LogP contribution in [0.2, 0.25) is 0 Å². The van der Waals surface area contributed by atoms with Gasteiger partial charge in [0.15, 0.2) is 0 Å². The molecule has 0 bridgehead atoms. The minimum atomic E-state index is -0.171. The minimum Gasteiger partial charge on any atom is -0.492 e. The fraction of sp³-hybridized carbons (Fsp3) is 0.545. The van der Waals surface area contributed by atoms with Gasteiger partial charge in [0.25, 0.3) is 0 Å². The van der Waals surface area contributed by atoms with Gasteiger partial charge < -0.3 is 14.9 Å². The van der Waals surface area contributed by atoms with Gasteiger partial charge in [-0.25, -0.2) is 4.98 Å². The zero-order valence-corrected chi connectivity index (χ0v) is 8.94. The lowest BCUT2D eigenvalue weighted by Crippen LogP contribution is -2.03. The predicted molar refractivity (Wildman–Crippen MR) is 56.5 cm³/mol.